The molecule has 0 fully saturated rings. The van der Waals surface area contributed by atoms with E-state index in [1.54, 1.807) is 6.07 Å². The molecule has 0 amide bonds. The van der Waals surface area contributed by atoms with E-state index < -0.39 is 15.6 Å². The van der Waals surface area contributed by atoms with E-state index >= 15 is 0 Å². The fraction of sp³-hybridized carbons (Fsp3) is 0.636. The van der Waals surface area contributed by atoms with Gasteiger partial charge in [-0.15, -0.1) is 0 Å². The first-order valence-electron chi connectivity index (χ1n) is 5.66. The van der Waals surface area contributed by atoms with Crippen LogP contribution in [0.25, 0.3) is 0 Å². The largest absolute Gasteiger partial charge is 0.363 e. The second-order valence-electron chi connectivity index (χ2n) is 5.00. The molecule has 0 aliphatic carbocycles. The highest BCUT2D eigenvalue weighted by Crippen LogP contribution is 2.13. The second kappa shape index (κ2) is 5.20. The summed E-state index contributed by atoms with van der Waals surface area (Å²) in [6, 6.07) is 1.65. The van der Waals surface area contributed by atoms with Crippen molar-refractivity contribution in [2.75, 3.05) is 6.54 Å². The minimum Gasteiger partial charge on any atom is -0.363 e. The molecule has 0 unspecified atom stereocenters. The second-order valence-corrected chi connectivity index (χ2v) is 6.68. The van der Waals surface area contributed by atoms with E-state index in [9.17, 15) is 8.42 Å². The van der Waals surface area contributed by atoms with Crippen molar-refractivity contribution in [3.8, 4) is 0 Å². The van der Waals surface area contributed by atoms with Gasteiger partial charge in [0.1, 0.15) is 0 Å². The van der Waals surface area contributed by atoms with Crippen LogP contribution in [0.15, 0.2) is 17.2 Å². The monoisotopic (exact) mass is 259 g/mol. The van der Waals surface area contributed by atoms with E-state index in [0.717, 1.165) is 12.2 Å². The maximum atomic E-state index is 12.0. The number of rotatable bonds is 5. The van der Waals surface area contributed by atoms with Crippen molar-refractivity contribution in [2.24, 2.45) is 0 Å². The minimum absolute atomic E-state index is 0.278. The Balaban J connectivity index is 2.82. The molecule has 0 aliphatic rings. The van der Waals surface area contributed by atoms with Crippen LogP contribution in [0, 0.1) is 0 Å². The Kier molecular flexibility index (Phi) is 4.35. The fourth-order valence-corrected chi connectivity index (χ4v) is 2.83. The quantitative estimate of drug-likeness (QED) is 0.744. The van der Waals surface area contributed by atoms with Crippen LogP contribution >= 0.6 is 0 Å². The lowest BCUT2D eigenvalue weighted by Crippen LogP contribution is -2.40. The van der Waals surface area contributed by atoms with Gasteiger partial charge in [-0.05, 0) is 33.4 Å². The lowest BCUT2D eigenvalue weighted by atomic mass is 10.1. The highest BCUT2D eigenvalue weighted by Gasteiger charge is 2.22. The molecule has 98 valence electrons. The third kappa shape index (κ3) is 4.49. The maximum absolute atomic E-state index is 12.0. The van der Waals surface area contributed by atoms with Crippen LogP contribution in [0.2, 0.25) is 0 Å². The maximum Gasteiger partial charge on any atom is 0.242 e. The Morgan fingerprint density at radius 1 is 1.35 bits per heavy atom. The van der Waals surface area contributed by atoms with Crippen LogP contribution in [-0.4, -0.2) is 25.5 Å². The number of aromatic nitrogens is 1. The van der Waals surface area contributed by atoms with E-state index in [1.165, 1.54) is 6.20 Å². The minimum atomic E-state index is -3.43. The van der Waals surface area contributed by atoms with Gasteiger partial charge in [-0.3, -0.25) is 0 Å². The zero-order valence-corrected chi connectivity index (χ0v) is 11.6. The van der Waals surface area contributed by atoms with E-state index in [-0.39, 0.29) is 4.90 Å². The summed E-state index contributed by atoms with van der Waals surface area (Å²) in [5.41, 5.74) is 0.388. The summed E-state index contributed by atoms with van der Waals surface area (Å²) >= 11 is 0. The van der Waals surface area contributed by atoms with Crippen molar-refractivity contribution < 1.29 is 8.42 Å². The molecule has 1 heterocycles. The van der Waals surface area contributed by atoms with Gasteiger partial charge < -0.3 is 10.3 Å². The highest BCUT2D eigenvalue weighted by molar-refractivity contribution is 7.89. The first-order valence-corrected chi connectivity index (χ1v) is 7.15. The topological polar surface area (TPSA) is 74.0 Å². The SMILES string of the molecule is CCNCc1cc(S(=O)(=O)NC(C)(C)C)c[nH]1. The number of hydrogen-bond donors (Lipinski definition) is 3. The van der Waals surface area contributed by atoms with Crippen molar-refractivity contribution in [3.05, 3.63) is 18.0 Å². The first-order chi connectivity index (χ1) is 7.74. The molecule has 0 saturated carbocycles. The molecule has 17 heavy (non-hydrogen) atoms. The van der Waals surface area contributed by atoms with Crippen molar-refractivity contribution in [1.82, 2.24) is 15.0 Å². The molecule has 1 aromatic heterocycles. The molecule has 0 aromatic carbocycles. The standard InChI is InChI=1S/C11H21N3O2S/c1-5-12-7-9-6-10(8-13-9)17(15,16)14-11(2,3)4/h6,8,12-14H,5,7H2,1-4H3. The third-order valence-electron chi connectivity index (χ3n) is 2.03. The molecule has 3 N–H and O–H groups in total. The van der Waals surface area contributed by atoms with Crippen molar-refractivity contribution in [3.63, 3.8) is 0 Å². The Morgan fingerprint density at radius 3 is 2.53 bits per heavy atom. The summed E-state index contributed by atoms with van der Waals surface area (Å²) in [4.78, 5) is 3.23. The van der Waals surface area contributed by atoms with Gasteiger partial charge in [0.2, 0.25) is 10.0 Å². The zero-order valence-electron chi connectivity index (χ0n) is 10.8. The first kappa shape index (κ1) is 14.2. The molecule has 1 aromatic rings. The van der Waals surface area contributed by atoms with Crippen LogP contribution in [0.5, 0.6) is 0 Å². The smallest absolute Gasteiger partial charge is 0.242 e. The lowest BCUT2D eigenvalue weighted by molar-refractivity contribution is 0.491. The average Bonchev–Trinajstić information content (AvgIpc) is 2.59. The molecular formula is C11H21N3O2S. The van der Waals surface area contributed by atoms with Gasteiger partial charge in [0.05, 0.1) is 4.90 Å². The number of sulfonamides is 1. The van der Waals surface area contributed by atoms with Gasteiger partial charge >= 0.3 is 0 Å². The van der Waals surface area contributed by atoms with Crippen LogP contribution in [0.1, 0.15) is 33.4 Å². The molecule has 5 nitrogen and oxygen atoms in total. The average molecular weight is 259 g/mol. The molecule has 0 aliphatic heterocycles. The summed E-state index contributed by atoms with van der Waals surface area (Å²) in [6.45, 7) is 8.94. The summed E-state index contributed by atoms with van der Waals surface area (Å²) in [6.07, 6.45) is 1.51. The van der Waals surface area contributed by atoms with Gasteiger partial charge in [-0.2, -0.15) is 0 Å². The van der Waals surface area contributed by atoms with E-state index in [2.05, 4.69) is 15.0 Å². The lowest BCUT2D eigenvalue weighted by Gasteiger charge is -2.19. The normalized spacial score (nSPS) is 12.9. The summed E-state index contributed by atoms with van der Waals surface area (Å²) < 4.78 is 26.6. The number of nitrogens with one attached hydrogen (secondary N) is 3. The van der Waals surface area contributed by atoms with Gasteiger partial charge in [0, 0.05) is 24.0 Å². The molecule has 0 radical (unpaired) electrons. The summed E-state index contributed by atoms with van der Waals surface area (Å²) in [5.74, 6) is 0. The predicted octanol–water partition coefficient (Wildman–Crippen LogP) is 1.20. The summed E-state index contributed by atoms with van der Waals surface area (Å²) in [7, 11) is -3.43. The van der Waals surface area contributed by atoms with E-state index in [0.29, 0.717) is 6.54 Å². The van der Waals surface area contributed by atoms with Crippen LogP contribution in [-0.2, 0) is 16.6 Å². The van der Waals surface area contributed by atoms with E-state index in [4.69, 9.17) is 0 Å². The number of hydrogen-bond acceptors (Lipinski definition) is 3. The molecule has 6 heteroatoms. The van der Waals surface area contributed by atoms with Crippen molar-refractivity contribution in [2.45, 2.75) is 44.7 Å². The molecule has 0 saturated heterocycles. The van der Waals surface area contributed by atoms with Gasteiger partial charge in [0.15, 0.2) is 0 Å². The Hall–Kier alpha value is -0.850. The highest BCUT2D eigenvalue weighted by atomic mass is 32.2. The number of aromatic amines is 1. The fourth-order valence-electron chi connectivity index (χ4n) is 1.40. The van der Waals surface area contributed by atoms with Crippen LogP contribution in [0.4, 0.5) is 0 Å². The Labute approximate surface area is 103 Å². The van der Waals surface area contributed by atoms with Crippen LogP contribution < -0.4 is 10.0 Å². The number of H-pyrrole nitrogens is 1. The predicted molar refractivity (Wildman–Crippen MR) is 68.2 cm³/mol. The third-order valence-corrected chi connectivity index (χ3v) is 3.77. The van der Waals surface area contributed by atoms with Gasteiger partial charge in [-0.1, -0.05) is 6.92 Å². The summed E-state index contributed by atoms with van der Waals surface area (Å²) in [5, 5.41) is 3.13. The van der Waals surface area contributed by atoms with Crippen molar-refractivity contribution >= 4 is 10.0 Å². The zero-order chi connectivity index (χ0) is 13.1. The Morgan fingerprint density at radius 2 is 2.00 bits per heavy atom. The van der Waals surface area contributed by atoms with Crippen molar-refractivity contribution in [1.29, 1.82) is 0 Å². The molecule has 0 bridgehead atoms. The molecule has 0 spiro atoms. The van der Waals surface area contributed by atoms with Crippen LogP contribution in [0.3, 0.4) is 0 Å². The molecular weight excluding hydrogens is 238 g/mol. The molecule has 0 atom stereocenters. The molecule has 1 rings (SSSR count). The van der Waals surface area contributed by atoms with Gasteiger partial charge in [0.25, 0.3) is 0 Å². The van der Waals surface area contributed by atoms with E-state index in [1.807, 2.05) is 27.7 Å². The Bertz CT molecular complexity index is 457. The van der Waals surface area contributed by atoms with Gasteiger partial charge in [-0.25, -0.2) is 13.1 Å².